The Morgan fingerprint density at radius 3 is 2.75 bits per heavy atom. The minimum Gasteiger partial charge on any atom is -0.480 e. The SMILES string of the molecule is CCNC(c1ncc(OC)nc1OC)C1CCC(C)O1. The van der Waals surface area contributed by atoms with Crippen molar-refractivity contribution in [3.8, 4) is 11.8 Å². The van der Waals surface area contributed by atoms with Gasteiger partial charge in [-0.2, -0.15) is 4.98 Å². The summed E-state index contributed by atoms with van der Waals surface area (Å²) < 4.78 is 16.4. The minimum atomic E-state index is -0.0155. The molecule has 2 heterocycles. The Bertz CT molecular complexity index is 442. The monoisotopic (exact) mass is 281 g/mol. The van der Waals surface area contributed by atoms with Gasteiger partial charge in [-0.05, 0) is 26.3 Å². The van der Waals surface area contributed by atoms with E-state index in [1.807, 2.05) is 0 Å². The molecule has 1 aromatic rings. The van der Waals surface area contributed by atoms with E-state index >= 15 is 0 Å². The lowest BCUT2D eigenvalue weighted by atomic mass is 10.0. The highest BCUT2D eigenvalue weighted by molar-refractivity contribution is 5.26. The molecule has 1 N–H and O–H groups in total. The molecule has 1 fully saturated rings. The van der Waals surface area contributed by atoms with Crippen LogP contribution in [0.15, 0.2) is 6.20 Å². The number of likely N-dealkylation sites (N-methyl/N-ethyl adjacent to an activating group) is 1. The minimum absolute atomic E-state index is 0.0155. The van der Waals surface area contributed by atoms with E-state index in [-0.39, 0.29) is 12.1 Å². The van der Waals surface area contributed by atoms with Crippen molar-refractivity contribution in [3.05, 3.63) is 11.9 Å². The summed E-state index contributed by atoms with van der Waals surface area (Å²) in [5.41, 5.74) is 0.772. The summed E-state index contributed by atoms with van der Waals surface area (Å²) in [5, 5.41) is 3.43. The molecular formula is C14H23N3O3. The van der Waals surface area contributed by atoms with Gasteiger partial charge in [-0.1, -0.05) is 6.92 Å². The third-order valence-electron chi connectivity index (χ3n) is 3.50. The fourth-order valence-electron chi connectivity index (χ4n) is 2.53. The number of ether oxygens (including phenoxy) is 3. The highest BCUT2D eigenvalue weighted by Gasteiger charge is 2.33. The highest BCUT2D eigenvalue weighted by Crippen LogP contribution is 2.33. The standard InChI is InChI=1S/C14H23N3O3/c1-5-15-12(10-7-6-9(2)20-10)13-14(19-4)17-11(18-3)8-16-13/h8-10,12,15H,5-7H2,1-4H3. The zero-order valence-electron chi connectivity index (χ0n) is 12.5. The number of nitrogens with zero attached hydrogens (tertiary/aromatic N) is 2. The second kappa shape index (κ2) is 6.85. The summed E-state index contributed by atoms with van der Waals surface area (Å²) in [6, 6.07) is -0.0155. The molecule has 0 aromatic carbocycles. The Labute approximate surface area is 119 Å². The van der Waals surface area contributed by atoms with Crippen molar-refractivity contribution < 1.29 is 14.2 Å². The maximum Gasteiger partial charge on any atom is 0.240 e. The molecule has 0 radical (unpaired) electrons. The van der Waals surface area contributed by atoms with Crippen LogP contribution >= 0.6 is 0 Å². The maximum absolute atomic E-state index is 5.97. The summed E-state index contributed by atoms with van der Waals surface area (Å²) in [7, 11) is 3.15. The fraction of sp³-hybridized carbons (Fsp3) is 0.714. The molecule has 1 saturated heterocycles. The second-order valence-corrected chi connectivity index (χ2v) is 4.90. The quantitative estimate of drug-likeness (QED) is 0.856. The molecule has 0 spiro atoms. The Kier molecular flexibility index (Phi) is 5.14. The normalized spacial score (nSPS) is 23.6. The molecule has 3 unspecified atom stereocenters. The first-order valence-corrected chi connectivity index (χ1v) is 7.03. The van der Waals surface area contributed by atoms with Gasteiger partial charge in [0.2, 0.25) is 11.8 Å². The molecule has 20 heavy (non-hydrogen) atoms. The summed E-state index contributed by atoms with van der Waals surface area (Å²) in [4.78, 5) is 8.75. The van der Waals surface area contributed by atoms with Crippen molar-refractivity contribution in [2.24, 2.45) is 0 Å². The highest BCUT2D eigenvalue weighted by atomic mass is 16.5. The van der Waals surface area contributed by atoms with Gasteiger partial charge in [-0.15, -0.1) is 0 Å². The van der Waals surface area contributed by atoms with E-state index in [4.69, 9.17) is 14.2 Å². The van der Waals surface area contributed by atoms with Crippen molar-refractivity contribution in [2.45, 2.75) is 44.9 Å². The lowest BCUT2D eigenvalue weighted by molar-refractivity contribution is 0.0302. The van der Waals surface area contributed by atoms with Crippen LogP contribution in [0.4, 0.5) is 0 Å². The van der Waals surface area contributed by atoms with Crippen LogP contribution in [0.5, 0.6) is 11.8 Å². The zero-order valence-corrected chi connectivity index (χ0v) is 12.5. The molecule has 112 valence electrons. The van der Waals surface area contributed by atoms with Crippen LogP contribution in [0.1, 0.15) is 38.4 Å². The molecule has 0 saturated carbocycles. The lowest BCUT2D eigenvalue weighted by Gasteiger charge is -2.24. The number of methoxy groups -OCH3 is 2. The molecule has 1 aliphatic heterocycles. The Morgan fingerprint density at radius 2 is 2.20 bits per heavy atom. The van der Waals surface area contributed by atoms with E-state index in [0.717, 1.165) is 25.1 Å². The molecular weight excluding hydrogens is 258 g/mol. The van der Waals surface area contributed by atoms with E-state index in [2.05, 4.69) is 29.1 Å². The third-order valence-corrected chi connectivity index (χ3v) is 3.50. The predicted molar refractivity (Wildman–Crippen MR) is 75.1 cm³/mol. The van der Waals surface area contributed by atoms with Gasteiger partial charge in [0.1, 0.15) is 5.69 Å². The van der Waals surface area contributed by atoms with E-state index in [0.29, 0.717) is 17.9 Å². The molecule has 6 nitrogen and oxygen atoms in total. The first-order valence-electron chi connectivity index (χ1n) is 7.03. The van der Waals surface area contributed by atoms with Gasteiger partial charge in [-0.25, -0.2) is 4.98 Å². The topological polar surface area (TPSA) is 65.5 Å². The van der Waals surface area contributed by atoms with Gasteiger partial charge in [0, 0.05) is 0 Å². The molecule has 1 aromatic heterocycles. The second-order valence-electron chi connectivity index (χ2n) is 4.90. The van der Waals surface area contributed by atoms with Crippen LogP contribution in [-0.2, 0) is 4.74 Å². The Hall–Kier alpha value is -1.40. The van der Waals surface area contributed by atoms with E-state index in [1.54, 1.807) is 20.4 Å². The molecule has 6 heteroatoms. The van der Waals surface area contributed by atoms with Gasteiger partial charge in [-0.3, -0.25) is 0 Å². The Morgan fingerprint density at radius 1 is 1.40 bits per heavy atom. The zero-order chi connectivity index (χ0) is 14.5. The van der Waals surface area contributed by atoms with Crippen LogP contribution in [0.25, 0.3) is 0 Å². The summed E-state index contributed by atoms with van der Waals surface area (Å²) in [6.07, 6.45) is 4.08. The van der Waals surface area contributed by atoms with Crippen molar-refractivity contribution in [3.63, 3.8) is 0 Å². The van der Waals surface area contributed by atoms with Crippen LogP contribution in [0.2, 0.25) is 0 Å². The van der Waals surface area contributed by atoms with Crippen molar-refractivity contribution in [1.29, 1.82) is 0 Å². The lowest BCUT2D eigenvalue weighted by Crippen LogP contribution is -2.33. The predicted octanol–water partition coefficient (Wildman–Crippen LogP) is 1.71. The number of hydrogen-bond acceptors (Lipinski definition) is 6. The number of nitrogens with one attached hydrogen (secondary N) is 1. The van der Waals surface area contributed by atoms with Crippen molar-refractivity contribution in [1.82, 2.24) is 15.3 Å². The number of rotatable bonds is 6. The maximum atomic E-state index is 5.97. The molecule has 0 amide bonds. The van der Waals surface area contributed by atoms with E-state index in [9.17, 15) is 0 Å². The molecule has 2 rings (SSSR count). The fourth-order valence-corrected chi connectivity index (χ4v) is 2.53. The Balaban J connectivity index is 2.28. The van der Waals surface area contributed by atoms with Crippen LogP contribution in [0.3, 0.4) is 0 Å². The average Bonchev–Trinajstić information content (AvgIpc) is 2.90. The van der Waals surface area contributed by atoms with E-state index in [1.165, 1.54) is 0 Å². The third kappa shape index (κ3) is 3.19. The summed E-state index contributed by atoms with van der Waals surface area (Å²) >= 11 is 0. The van der Waals surface area contributed by atoms with Gasteiger partial charge in [0.15, 0.2) is 0 Å². The smallest absolute Gasteiger partial charge is 0.240 e. The largest absolute Gasteiger partial charge is 0.480 e. The van der Waals surface area contributed by atoms with Crippen molar-refractivity contribution >= 4 is 0 Å². The summed E-state index contributed by atoms with van der Waals surface area (Å²) in [6.45, 7) is 4.99. The number of aromatic nitrogens is 2. The number of hydrogen-bond donors (Lipinski definition) is 1. The van der Waals surface area contributed by atoms with Crippen molar-refractivity contribution in [2.75, 3.05) is 20.8 Å². The first-order chi connectivity index (χ1) is 9.69. The molecule has 1 aliphatic rings. The van der Waals surface area contributed by atoms with Crippen LogP contribution in [-0.4, -0.2) is 42.9 Å². The molecule has 3 atom stereocenters. The average molecular weight is 281 g/mol. The first kappa shape index (κ1) is 15.0. The summed E-state index contributed by atoms with van der Waals surface area (Å²) in [5.74, 6) is 0.931. The van der Waals surface area contributed by atoms with Crippen LogP contribution in [0, 0.1) is 0 Å². The van der Waals surface area contributed by atoms with Gasteiger partial charge >= 0.3 is 0 Å². The van der Waals surface area contributed by atoms with Gasteiger partial charge in [0.25, 0.3) is 0 Å². The van der Waals surface area contributed by atoms with Crippen LogP contribution < -0.4 is 14.8 Å². The van der Waals surface area contributed by atoms with E-state index < -0.39 is 0 Å². The molecule has 0 bridgehead atoms. The van der Waals surface area contributed by atoms with Gasteiger partial charge in [0.05, 0.1) is 38.7 Å². The van der Waals surface area contributed by atoms with Gasteiger partial charge < -0.3 is 19.5 Å². The molecule has 0 aliphatic carbocycles.